The highest BCUT2D eigenvalue weighted by Gasteiger charge is 2.61. The molecule has 1 aliphatic heterocycles. The van der Waals surface area contributed by atoms with E-state index in [1.54, 1.807) is 24.3 Å². The lowest BCUT2D eigenvalue weighted by Crippen LogP contribution is -2.41. The largest absolute Gasteiger partial charge is 0.455 e. The summed E-state index contributed by atoms with van der Waals surface area (Å²) in [7, 11) is 0. The minimum atomic E-state index is -0.471. The van der Waals surface area contributed by atoms with Gasteiger partial charge in [-0.15, -0.1) is 0 Å². The molecule has 0 N–H and O–H groups in total. The van der Waals surface area contributed by atoms with Gasteiger partial charge in [-0.25, -0.2) is 4.39 Å². The molecule has 2 heterocycles. The fraction of sp³-hybridized carbons (Fsp3) is 0.138. The van der Waals surface area contributed by atoms with Gasteiger partial charge in [0.2, 0.25) is 0 Å². The van der Waals surface area contributed by atoms with E-state index >= 15 is 0 Å². The molecule has 1 aromatic heterocycles. The van der Waals surface area contributed by atoms with Crippen molar-refractivity contribution < 1.29 is 18.4 Å². The van der Waals surface area contributed by atoms with Crippen LogP contribution in [0.1, 0.15) is 39.8 Å². The van der Waals surface area contributed by atoms with Crippen LogP contribution >= 0.6 is 0 Å². The Kier molecular flexibility index (Phi) is 4.21. The van der Waals surface area contributed by atoms with Crippen molar-refractivity contribution in [2.24, 2.45) is 16.9 Å². The summed E-state index contributed by atoms with van der Waals surface area (Å²) in [5.41, 5.74) is 5.22. The van der Waals surface area contributed by atoms with Gasteiger partial charge >= 0.3 is 0 Å². The Balaban J connectivity index is 1.23. The third kappa shape index (κ3) is 2.83. The van der Waals surface area contributed by atoms with E-state index in [1.807, 2.05) is 24.3 Å². The van der Waals surface area contributed by atoms with Gasteiger partial charge in [0.15, 0.2) is 0 Å². The van der Waals surface area contributed by atoms with E-state index in [0.717, 1.165) is 32.8 Å². The highest BCUT2D eigenvalue weighted by molar-refractivity contribution is 6.08. The summed E-state index contributed by atoms with van der Waals surface area (Å²) in [5, 5.41) is 5.30. The van der Waals surface area contributed by atoms with E-state index in [4.69, 9.17) is 4.42 Å². The smallest absolute Gasteiger partial charge is 0.254 e. The average molecular weight is 462 g/mol. The number of hydrazone groups is 1. The summed E-state index contributed by atoms with van der Waals surface area (Å²) in [4.78, 5) is 27.1. The minimum absolute atomic E-state index is 0.164. The summed E-state index contributed by atoms with van der Waals surface area (Å²) in [5.74, 6) is -1.21. The number of imide groups is 1. The maximum atomic E-state index is 13.6. The second-order valence-corrected chi connectivity index (χ2v) is 9.21. The molecule has 1 saturated heterocycles. The highest BCUT2D eigenvalue weighted by atomic mass is 19.1. The van der Waals surface area contributed by atoms with Crippen molar-refractivity contribution in [3.8, 4) is 11.3 Å². The van der Waals surface area contributed by atoms with Gasteiger partial charge in [-0.2, -0.15) is 10.1 Å². The second-order valence-electron chi connectivity index (χ2n) is 9.21. The molecule has 4 aromatic rings. The number of furan rings is 1. The Bertz CT molecular complexity index is 1420. The zero-order chi connectivity index (χ0) is 23.7. The fourth-order valence-corrected chi connectivity index (χ4v) is 6.08. The van der Waals surface area contributed by atoms with Gasteiger partial charge in [0.1, 0.15) is 17.3 Å². The first kappa shape index (κ1) is 20.1. The fourth-order valence-electron chi connectivity index (χ4n) is 6.08. The standard InChI is InChI=1S/C29H19FN2O3/c30-17-11-9-16(10-12-17)23-14-13-18(35-23)15-31-32-28(33)26-24-19-5-1-2-6-20(19)25(27(26)29(32)34)22-8-4-3-7-21(22)24/h1-15,24-27H/b31-15-/t24?,25?,26-,27-/m1/s1. The minimum Gasteiger partial charge on any atom is -0.455 e. The molecule has 4 aliphatic rings. The molecule has 2 amide bonds. The van der Waals surface area contributed by atoms with Crippen LogP contribution in [-0.4, -0.2) is 23.0 Å². The summed E-state index contributed by atoms with van der Waals surface area (Å²) >= 11 is 0. The number of carbonyl (C=O) groups excluding carboxylic acids is 2. The van der Waals surface area contributed by atoms with Crippen LogP contribution in [-0.2, 0) is 9.59 Å². The Morgan fingerprint density at radius 2 is 1.23 bits per heavy atom. The van der Waals surface area contributed by atoms with E-state index in [-0.39, 0.29) is 29.5 Å². The SMILES string of the molecule is O=C1[C@@H]2C3c4ccccc4C(c4ccccc43)[C@H]2C(=O)N1/N=C\c1ccc(-c2ccc(F)cc2)o1. The van der Waals surface area contributed by atoms with Crippen LogP contribution in [0.3, 0.4) is 0 Å². The second kappa shape index (κ2) is 7.34. The normalized spacial score (nSPS) is 24.1. The maximum absolute atomic E-state index is 13.6. The Morgan fingerprint density at radius 3 is 1.74 bits per heavy atom. The number of hydrogen-bond acceptors (Lipinski definition) is 4. The number of nitrogens with zero attached hydrogens (tertiary/aromatic N) is 2. The van der Waals surface area contributed by atoms with Gasteiger partial charge in [0, 0.05) is 17.4 Å². The monoisotopic (exact) mass is 462 g/mol. The van der Waals surface area contributed by atoms with Crippen LogP contribution in [0.2, 0.25) is 0 Å². The number of halogens is 1. The molecule has 5 nitrogen and oxygen atoms in total. The summed E-state index contributed by atoms with van der Waals surface area (Å²) in [6.45, 7) is 0. The van der Waals surface area contributed by atoms with E-state index < -0.39 is 11.8 Å². The number of hydrogen-bond donors (Lipinski definition) is 0. The molecule has 0 unspecified atom stereocenters. The Hall–Kier alpha value is -4.32. The molecule has 0 spiro atoms. The van der Waals surface area contributed by atoms with Crippen molar-refractivity contribution in [1.29, 1.82) is 0 Å². The van der Waals surface area contributed by atoms with E-state index in [9.17, 15) is 14.0 Å². The molecule has 3 aromatic carbocycles. The molecule has 2 bridgehead atoms. The first-order valence-electron chi connectivity index (χ1n) is 11.6. The van der Waals surface area contributed by atoms with Crippen LogP contribution in [0.25, 0.3) is 11.3 Å². The summed E-state index contributed by atoms with van der Waals surface area (Å²) in [6.07, 6.45) is 1.39. The third-order valence-electron chi connectivity index (χ3n) is 7.48. The highest BCUT2D eigenvalue weighted by Crippen LogP contribution is 2.60. The molecule has 2 atom stereocenters. The Labute approximate surface area is 200 Å². The van der Waals surface area contributed by atoms with Crippen molar-refractivity contribution in [3.63, 3.8) is 0 Å². The lowest BCUT2D eigenvalue weighted by atomic mass is 9.55. The lowest BCUT2D eigenvalue weighted by molar-refractivity contribution is -0.139. The molecule has 35 heavy (non-hydrogen) atoms. The zero-order valence-corrected chi connectivity index (χ0v) is 18.5. The molecular formula is C29H19FN2O3. The van der Waals surface area contributed by atoms with Crippen LogP contribution in [0.5, 0.6) is 0 Å². The maximum Gasteiger partial charge on any atom is 0.254 e. The molecule has 0 saturated carbocycles. The summed E-state index contributed by atoms with van der Waals surface area (Å²) in [6, 6.07) is 25.7. The predicted octanol–water partition coefficient (Wildman–Crippen LogP) is 5.31. The molecule has 0 radical (unpaired) electrons. The average Bonchev–Trinajstić information content (AvgIpc) is 3.46. The van der Waals surface area contributed by atoms with Crippen LogP contribution < -0.4 is 0 Å². The van der Waals surface area contributed by atoms with Crippen LogP contribution in [0, 0.1) is 17.7 Å². The van der Waals surface area contributed by atoms with Crippen LogP contribution in [0.4, 0.5) is 4.39 Å². The van der Waals surface area contributed by atoms with Gasteiger partial charge in [-0.05, 0) is 58.7 Å². The van der Waals surface area contributed by atoms with Crippen molar-refractivity contribution in [3.05, 3.63) is 119 Å². The van der Waals surface area contributed by atoms with Crippen molar-refractivity contribution in [2.45, 2.75) is 11.8 Å². The first-order valence-corrected chi connectivity index (χ1v) is 11.6. The number of benzene rings is 3. The van der Waals surface area contributed by atoms with E-state index in [2.05, 4.69) is 29.4 Å². The Morgan fingerprint density at radius 1 is 0.714 bits per heavy atom. The first-order chi connectivity index (χ1) is 17.1. The summed E-state index contributed by atoms with van der Waals surface area (Å²) < 4.78 is 19.0. The third-order valence-corrected chi connectivity index (χ3v) is 7.48. The van der Waals surface area contributed by atoms with E-state index in [1.165, 1.54) is 18.3 Å². The van der Waals surface area contributed by atoms with Gasteiger partial charge in [-0.3, -0.25) is 9.59 Å². The number of rotatable bonds is 3. The van der Waals surface area contributed by atoms with E-state index in [0.29, 0.717) is 11.5 Å². The van der Waals surface area contributed by atoms with Gasteiger partial charge in [0.25, 0.3) is 11.8 Å². The molecule has 1 fully saturated rings. The van der Waals surface area contributed by atoms with Gasteiger partial charge in [0.05, 0.1) is 18.1 Å². The molecule has 6 heteroatoms. The van der Waals surface area contributed by atoms with Crippen LogP contribution in [0.15, 0.2) is 94.4 Å². The van der Waals surface area contributed by atoms with Crippen molar-refractivity contribution in [2.75, 3.05) is 0 Å². The number of amides is 2. The zero-order valence-electron chi connectivity index (χ0n) is 18.5. The van der Waals surface area contributed by atoms with Gasteiger partial charge in [-0.1, -0.05) is 48.5 Å². The van der Waals surface area contributed by atoms with Crippen molar-refractivity contribution in [1.82, 2.24) is 5.01 Å². The van der Waals surface area contributed by atoms with Crippen molar-refractivity contribution >= 4 is 18.0 Å². The predicted molar refractivity (Wildman–Crippen MR) is 127 cm³/mol. The quantitative estimate of drug-likeness (QED) is 0.306. The van der Waals surface area contributed by atoms with Gasteiger partial charge < -0.3 is 4.42 Å². The number of carbonyl (C=O) groups is 2. The topological polar surface area (TPSA) is 62.9 Å². The molecule has 3 aliphatic carbocycles. The lowest BCUT2D eigenvalue weighted by Gasteiger charge is -2.45. The molecule has 170 valence electrons. The molecular weight excluding hydrogens is 443 g/mol. The molecule has 8 rings (SSSR count).